The Labute approximate surface area is 168 Å². The molecule has 0 fully saturated rings. The lowest BCUT2D eigenvalue weighted by molar-refractivity contribution is -0.153. The summed E-state index contributed by atoms with van der Waals surface area (Å²) in [6, 6.07) is 7.01. The zero-order valence-corrected chi connectivity index (χ0v) is 15.8. The lowest BCUT2D eigenvalue weighted by Crippen LogP contribution is -2.54. The zero-order chi connectivity index (χ0) is 21.6. The third-order valence-electron chi connectivity index (χ3n) is 4.80. The molecule has 1 aromatic carbocycles. The Morgan fingerprint density at radius 2 is 1.83 bits per heavy atom. The number of carbonyl (C=O) groups excluding carboxylic acids is 2. The molecule has 0 amide bonds. The van der Waals surface area contributed by atoms with Crippen molar-refractivity contribution in [2.24, 2.45) is 39.3 Å². The van der Waals surface area contributed by atoms with Gasteiger partial charge in [0.15, 0.2) is 22.9 Å². The second-order valence-corrected chi connectivity index (χ2v) is 6.80. The smallest absolute Gasteiger partial charge is 0.322 e. The molecule has 0 aliphatic heterocycles. The van der Waals surface area contributed by atoms with Crippen LogP contribution in [0.3, 0.4) is 0 Å². The predicted molar refractivity (Wildman–Crippen MR) is 109 cm³/mol. The number of carboxylic acids is 1. The molecule has 1 aromatic rings. The Morgan fingerprint density at radius 3 is 2.41 bits per heavy atom. The third kappa shape index (κ3) is 4.69. The number of carbonyl (C=O) groups is 3. The van der Waals surface area contributed by atoms with Gasteiger partial charge in [-0.15, -0.1) is 0 Å². The van der Waals surface area contributed by atoms with Crippen molar-refractivity contribution < 1.29 is 19.5 Å². The second-order valence-electron chi connectivity index (χ2n) is 6.80. The molecule has 0 saturated carbocycles. The fourth-order valence-corrected chi connectivity index (χ4v) is 3.28. The minimum Gasteiger partial charge on any atom is -0.480 e. The first kappa shape index (κ1) is 21.8. The van der Waals surface area contributed by atoms with E-state index in [2.05, 4.69) is 4.99 Å². The molecule has 0 bridgehead atoms. The van der Waals surface area contributed by atoms with E-state index in [0.29, 0.717) is 6.42 Å². The Morgan fingerprint density at radius 1 is 1.17 bits per heavy atom. The van der Waals surface area contributed by atoms with Crippen LogP contribution in [0.25, 0.3) is 0 Å². The van der Waals surface area contributed by atoms with Crippen molar-refractivity contribution in [2.75, 3.05) is 6.54 Å². The number of nitrogens with zero attached hydrogens (tertiary/aromatic N) is 1. The quantitative estimate of drug-likeness (QED) is 0.125. The molecule has 2 rings (SSSR count). The van der Waals surface area contributed by atoms with Crippen LogP contribution in [0.15, 0.2) is 59.2 Å². The minimum absolute atomic E-state index is 0.0868. The maximum atomic E-state index is 13.2. The van der Waals surface area contributed by atoms with E-state index in [1.165, 1.54) is 12.2 Å². The van der Waals surface area contributed by atoms with Gasteiger partial charge in [0, 0.05) is 17.8 Å². The van der Waals surface area contributed by atoms with Crippen LogP contribution in [0.2, 0.25) is 0 Å². The lowest BCUT2D eigenvalue weighted by atomic mass is 9.65. The van der Waals surface area contributed by atoms with Gasteiger partial charge in [-0.25, -0.2) is 0 Å². The van der Waals surface area contributed by atoms with E-state index in [4.69, 9.17) is 22.9 Å². The van der Waals surface area contributed by atoms with Gasteiger partial charge in [-0.1, -0.05) is 36.4 Å². The summed E-state index contributed by atoms with van der Waals surface area (Å²) in [6.07, 6.45) is 4.30. The molecule has 0 saturated heterocycles. The third-order valence-corrected chi connectivity index (χ3v) is 4.80. The van der Waals surface area contributed by atoms with Crippen molar-refractivity contribution in [3.63, 3.8) is 0 Å². The summed E-state index contributed by atoms with van der Waals surface area (Å²) < 4.78 is 0. The number of benzene rings is 1. The van der Waals surface area contributed by atoms with Gasteiger partial charge in [0.2, 0.25) is 0 Å². The molecule has 9 nitrogen and oxygen atoms in total. The number of aliphatic imine (C=N–C) groups is 1. The van der Waals surface area contributed by atoms with E-state index in [1.807, 2.05) is 0 Å². The minimum atomic E-state index is -2.15. The topological polar surface area (TPSA) is 188 Å². The number of carboxylic acid groups (broad SMARTS) is 1. The van der Waals surface area contributed by atoms with Gasteiger partial charge >= 0.3 is 5.97 Å². The summed E-state index contributed by atoms with van der Waals surface area (Å²) in [5.41, 5.74) is 20.6. The van der Waals surface area contributed by atoms with E-state index in [0.717, 1.165) is 6.08 Å². The van der Waals surface area contributed by atoms with Crippen molar-refractivity contribution in [3.8, 4) is 0 Å². The molecule has 3 atom stereocenters. The van der Waals surface area contributed by atoms with Gasteiger partial charge in [-0.3, -0.25) is 19.4 Å². The van der Waals surface area contributed by atoms with E-state index in [-0.39, 0.29) is 30.2 Å². The average Bonchev–Trinajstić information content (AvgIpc) is 2.70. The summed E-state index contributed by atoms with van der Waals surface area (Å²) in [5.74, 6) is -4.17. The predicted octanol–water partition coefficient (Wildman–Crippen LogP) is -0.0811. The SMILES string of the molecule is NC1=CC(C(=O)c2ccccc2)C(C(=O)O)(C(=O)[C@@H](N)CCCN=C(N)N)C=C1. The fourth-order valence-electron chi connectivity index (χ4n) is 3.28. The van der Waals surface area contributed by atoms with Crippen LogP contribution in [-0.4, -0.2) is 41.2 Å². The molecule has 0 aromatic heterocycles. The van der Waals surface area contributed by atoms with Crippen LogP contribution >= 0.6 is 0 Å². The summed E-state index contributed by atoms with van der Waals surface area (Å²) in [7, 11) is 0. The standard InChI is InChI=1S/C20H25N5O4/c21-13-8-9-20(18(28)29,17(27)15(22)7-4-10-25-19(23)24)14(11-13)16(26)12-5-2-1-3-6-12/h1-3,5-6,8-9,11,14-15H,4,7,10,21-22H2,(H,28,29)(H4,23,24,25)/t14?,15-,20?/m0/s1. The summed E-state index contributed by atoms with van der Waals surface area (Å²) >= 11 is 0. The Kier molecular flexibility index (Phi) is 6.89. The van der Waals surface area contributed by atoms with Crippen molar-refractivity contribution in [2.45, 2.75) is 18.9 Å². The highest BCUT2D eigenvalue weighted by Crippen LogP contribution is 2.39. The first-order valence-corrected chi connectivity index (χ1v) is 9.04. The maximum Gasteiger partial charge on any atom is 0.322 e. The van der Waals surface area contributed by atoms with Gasteiger partial charge in [0.1, 0.15) is 0 Å². The number of Topliss-reactive ketones (excluding diaryl/α,β-unsaturated/α-hetero) is 2. The van der Waals surface area contributed by atoms with Crippen molar-refractivity contribution in [1.82, 2.24) is 0 Å². The van der Waals surface area contributed by atoms with Crippen LogP contribution in [0, 0.1) is 11.3 Å². The van der Waals surface area contributed by atoms with Gasteiger partial charge in [-0.05, 0) is 25.0 Å². The van der Waals surface area contributed by atoms with Gasteiger partial charge < -0.3 is 28.0 Å². The number of allylic oxidation sites excluding steroid dienone is 2. The van der Waals surface area contributed by atoms with Gasteiger partial charge in [0.05, 0.1) is 12.0 Å². The lowest BCUT2D eigenvalue weighted by Gasteiger charge is -2.35. The number of guanidine groups is 1. The fraction of sp³-hybridized carbons (Fsp3) is 0.300. The molecular weight excluding hydrogens is 374 g/mol. The second kappa shape index (κ2) is 9.16. The molecule has 1 aliphatic rings. The van der Waals surface area contributed by atoms with Crippen LogP contribution in [0.1, 0.15) is 23.2 Å². The Bertz CT molecular complexity index is 874. The number of aliphatic carboxylic acids is 1. The molecule has 9 N–H and O–H groups in total. The van der Waals surface area contributed by atoms with Crippen LogP contribution in [-0.2, 0) is 9.59 Å². The molecule has 0 heterocycles. The molecule has 154 valence electrons. The molecule has 1 aliphatic carbocycles. The number of hydrogen-bond donors (Lipinski definition) is 5. The van der Waals surface area contributed by atoms with E-state index < -0.39 is 34.9 Å². The molecule has 9 heteroatoms. The first-order chi connectivity index (χ1) is 13.7. The van der Waals surface area contributed by atoms with E-state index in [1.54, 1.807) is 30.3 Å². The average molecular weight is 399 g/mol. The summed E-state index contributed by atoms with van der Waals surface area (Å²) in [4.78, 5) is 42.4. The highest BCUT2D eigenvalue weighted by molar-refractivity contribution is 6.14. The number of rotatable bonds is 9. The Balaban J connectivity index is 2.37. The highest BCUT2D eigenvalue weighted by Gasteiger charge is 2.54. The number of ketones is 2. The first-order valence-electron chi connectivity index (χ1n) is 9.04. The molecule has 0 radical (unpaired) electrons. The van der Waals surface area contributed by atoms with Crippen LogP contribution < -0.4 is 22.9 Å². The van der Waals surface area contributed by atoms with Crippen molar-refractivity contribution in [1.29, 1.82) is 0 Å². The van der Waals surface area contributed by atoms with E-state index in [9.17, 15) is 19.5 Å². The maximum absolute atomic E-state index is 13.2. The Hall–Kier alpha value is -3.46. The van der Waals surface area contributed by atoms with Crippen LogP contribution in [0.5, 0.6) is 0 Å². The molecule has 2 unspecified atom stereocenters. The van der Waals surface area contributed by atoms with Crippen LogP contribution in [0.4, 0.5) is 0 Å². The zero-order valence-electron chi connectivity index (χ0n) is 15.8. The molecule has 29 heavy (non-hydrogen) atoms. The van der Waals surface area contributed by atoms with Crippen molar-refractivity contribution >= 4 is 23.5 Å². The monoisotopic (exact) mass is 399 g/mol. The van der Waals surface area contributed by atoms with Gasteiger partial charge in [0.25, 0.3) is 0 Å². The van der Waals surface area contributed by atoms with E-state index >= 15 is 0 Å². The normalized spacial score (nSPS) is 21.7. The number of hydrogen-bond acceptors (Lipinski definition) is 6. The number of nitrogens with two attached hydrogens (primary N) is 4. The van der Waals surface area contributed by atoms with Crippen molar-refractivity contribution in [3.05, 3.63) is 59.8 Å². The molecular formula is C20H25N5O4. The summed E-state index contributed by atoms with van der Waals surface area (Å²) in [6.45, 7) is 0.248. The highest BCUT2D eigenvalue weighted by atomic mass is 16.4. The van der Waals surface area contributed by atoms with Gasteiger partial charge in [-0.2, -0.15) is 0 Å². The summed E-state index contributed by atoms with van der Waals surface area (Å²) in [5, 5.41) is 10.0. The largest absolute Gasteiger partial charge is 0.480 e. The molecule has 0 spiro atoms.